The van der Waals surface area contributed by atoms with Crippen LogP contribution in [-0.2, 0) is 0 Å². The topological polar surface area (TPSA) is 38.7 Å². The lowest BCUT2D eigenvalue weighted by Crippen LogP contribution is -2.00. The summed E-state index contributed by atoms with van der Waals surface area (Å²) in [5, 5.41) is 0. The molecule has 288 valence electrons. The first-order valence-corrected chi connectivity index (χ1v) is 20.4. The summed E-state index contributed by atoms with van der Waals surface area (Å²) < 4.78 is 0. The number of hydrogen-bond donors (Lipinski definition) is 0. The Morgan fingerprint density at radius 2 is 0.436 bits per heavy atom. The maximum absolute atomic E-state index is 5.09. The highest BCUT2D eigenvalue weighted by atomic mass is 15.0. The Hall–Kier alpha value is -5.67. The van der Waals surface area contributed by atoms with E-state index in [-0.39, 0.29) is 0 Å². The van der Waals surface area contributed by atoms with Gasteiger partial charge in [-0.05, 0) is 87.8 Å². The van der Waals surface area contributed by atoms with E-state index < -0.39 is 0 Å². The third kappa shape index (κ3) is 13.9. The molecule has 3 nitrogen and oxygen atoms in total. The zero-order valence-electron chi connectivity index (χ0n) is 35.9. The van der Waals surface area contributed by atoms with Crippen LogP contribution in [0.3, 0.4) is 0 Å². The zero-order chi connectivity index (χ0) is 41.0. The molecule has 0 saturated heterocycles. The predicted octanol–water partition coefficient (Wildman–Crippen LogP) is 16.3. The normalized spacial score (nSPS) is 9.18. The Morgan fingerprint density at radius 1 is 0.236 bits per heavy atom. The van der Waals surface area contributed by atoms with Crippen LogP contribution in [0, 0.1) is 6.92 Å². The highest BCUT2D eigenvalue weighted by Crippen LogP contribution is 2.34. The number of aromatic nitrogens is 3. The highest BCUT2D eigenvalue weighted by molar-refractivity contribution is 5.82. The van der Waals surface area contributed by atoms with Crippen LogP contribution in [0.15, 0.2) is 158 Å². The fourth-order valence-electron chi connectivity index (χ4n) is 5.44. The van der Waals surface area contributed by atoms with Crippen LogP contribution >= 0.6 is 0 Å². The molecule has 0 aliphatic rings. The smallest absolute Gasteiger partial charge is 0.163 e. The maximum Gasteiger partial charge on any atom is 0.163 e. The average molecular weight is 732 g/mol. The first-order chi connectivity index (χ1) is 27.2. The summed E-state index contributed by atoms with van der Waals surface area (Å²) in [6, 6.07) is 55.0. The summed E-state index contributed by atoms with van der Waals surface area (Å²) in [6.45, 7) is 25.9. The molecule has 0 N–H and O–H groups in total. The Labute approximate surface area is 334 Å². The molecule has 0 unspecified atom stereocenters. The molecule has 0 aliphatic carbocycles. The molecule has 1 aromatic heterocycles. The lowest BCUT2D eigenvalue weighted by Gasteiger charge is -2.13. The molecule has 0 bridgehead atoms. The monoisotopic (exact) mass is 732 g/mol. The van der Waals surface area contributed by atoms with Crippen molar-refractivity contribution in [3.63, 3.8) is 0 Å². The van der Waals surface area contributed by atoms with E-state index in [4.69, 9.17) is 15.0 Å². The Balaban J connectivity index is 0.00000115. The lowest BCUT2D eigenvalue weighted by atomic mass is 9.95. The van der Waals surface area contributed by atoms with Crippen molar-refractivity contribution in [2.45, 2.75) is 90.0 Å². The second-order valence-corrected chi connectivity index (χ2v) is 10.6. The van der Waals surface area contributed by atoms with Crippen LogP contribution in [0.1, 0.15) is 88.9 Å². The summed E-state index contributed by atoms with van der Waals surface area (Å²) in [5.74, 6) is 1.99. The summed E-state index contributed by atoms with van der Waals surface area (Å²) in [7, 11) is 0. The Bertz CT molecular complexity index is 1740. The van der Waals surface area contributed by atoms with E-state index in [1.165, 1.54) is 0 Å². The van der Waals surface area contributed by atoms with Gasteiger partial charge in [-0.2, -0.15) is 0 Å². The molecule has 6 aromatic carbocycles. The molecule has 55 heavy (non-hydrogen) atoms. The fourth-order valence-corrected chi connectivity index (χ4v) is 5.44. The van der Waals surface area contributed by atoms with Gasteiger partial charge >= 0.3 is 0 Å². The number of rotatable bonds is 6. The van der Waals surface area contributed by atoms with E-state index >= 15 is 0 Å². The van der Waals surface area contributed by atoms with Crippen LogP contribution < -0.4 is 0 Å². The van der Waals surface area contributed by atoms with Gasteiger partial charge in [-0.3, -0.25) is 0 Å². The quantitative estimate of drug-likeness (QED) is 0.171. The second kappa shape index (κ2) is 27.9. The van der Waals surface area contributed by atoms with Gasteiger partial charge in [-0.15, -0.1) is 0 Å². The van der Waals surface area contributed by atoms with Gasteiger partial charge in [0.25, 0.3) is 0 Å². The van der Waals surface area contributed by atoms with Crippen LogP contribution in [0.4, 0.5) is 0 Å². The molecule has 7 aromatic rings. The van der Waals surface area contributed by atoms with Gasteiger partial charge in [0.1, 0.15) is 5.82 Å². The molecular formula is C52H65N3. The van der Waals surface area contributed by atoms with Gasteiger partial charge in [0, 0.05) is 11.1 Å². The molecule has 0 atom stereocenters. The largest absolute Gasteiger partial charge is 0.213 e. The Morgan fingerprint density at radius 3 is 0.655 bits per heavy atom. The SMILES string of the molecule is CC.CC.CC.CC.CC.CC.Cc1nc(-c2cc(-c3ccccc3)cc(-c3ccccc3)c2)nc(-c2cc(-c3ccccc3)cc(-c3ccccc3)c2)n1. The number of nitrogens with zero attached hydrogens (tertiary/aromatic N) is 3. The molecule has 7 rings (SSSR count). The van der Waals surface area contributed by atoms with Gasteiger partial charge in [-0.25, -0.2) is 15.0 Å². The molecular weight excluding hydrogens is 667 g/mol. The predicted molar refractivity (Wildman–Crippen MR) is 245 cm³/mol. The van der Waals surface area contributed by atoms with Crippen LogP contribution in [0.25, 0.3) is 67.3 Å². The molecule has 0 amide bonds. The summed E-state index contributed by atoms with van der Waals surface area (Å²) >= 11 is 0. The van der Waals surface area contributed by atoms with Gasteiger partial charge in [0.05, 0.1) is 0 Å². The minimum atomic E-state index is 0.656. The van der Waals surface area contributed by atoms with E-state index in [9.17, 15) is 0 Å². The molecule has 0 saturated carbocycles. The lowest BCUT2D eigenvalue weighted by molar-refractivity contribution is 0.992. The number of aryl methyl sites for hydroxylation is 1. The van der Waals surface area contributed by atoms with Crippen molar-refractivity contribution in [2.24, 2.45) is 0 Å². The van der Waals surface area contributed by atoms with Crippen molar-refractivity contribution in [3.8, 4) is 67.3 Å². The van der Waals surface area contributed by atoms with Crippen molar-refractivity contribution in [2.75, 3.05) is 0 Å². The standard InChI is InChI=1S/C40H29N3.6C2H6/c1-28-41-39(37-24-33(29-14-6-2-7-15-29)22-34(25-37)30-16-8-3-9-17-30)43-40(42-28)38-26-35(31-18-10-4-11-19-31)23-36(27-38)32-20-12-5-13-21-32;6*1-2/h2-27H,1H3;6*1-2H3. The highest BCUT2D eigenvalue weighted by Gasteiger charge is 2.14. The Kier molecular flexibility index (Phi) is 24.0. The van der Waals surface area contributed by atoms with Crippen molar-refractivity contribution in [1.29, 1.82) is 0 Å². The summed E-state index contributed by atoms with van der Waals surface area (Å²) in [4.78, 5) is 14.8. The van der Waals surface area contributed by atoms with Gasteiger partial charge in [0.15, 0.2) is 11.6 Å². The molecule has 0 spiro atoms. The second-order valence-electron chi connectivity index (χ2n) is 10.6. The molecule has 0 aliphatic heterocycles. The van der Waals surface area contributed by atoms with E-state index in [1.54, 1.807) is 0 Å². The van der Waals surface area contributed by atoms with Gasteiger partial charge in [0.2, 0.25) is 0 Å². The third-order valence-corrected chi connectivity index (χ3v) is 7.56. The van der Waals surface area contributed by atoms with Crippen LogP contribution in [0.5, 0.6) is 0 Å². The fraction of sp³-hybridized carbons (Fsp3) is 0.250. The van der Waals surface area contributed by atoms with E-state index in [0.717, 1.165) is 55.6 Å². The first kappa shape index (κ1) is 47.4. The van der Waals surface area contributed by atoms with Crippen molar-refractivity contribution >= 4 is 0 Å². The maximum atomic E-state index is 5.09. The van der Waals surface area contributed by atoms with Crippen LogP contribution in [0.2, 0.25) is 0 Å². The third-order valence-electron chi connectivity index (χ3n) is 7.56. The minimum absolute atomic E-state index is 0.656. The number of benzene rings is 6. The van der Waals surface area contributed by atoms with E-state index in [2.05, 4.69) is 133 Å². The summed E-state index contributed by atoms with van der Waals surface area (Å²) in [5.41, 5.74) is 11.0. The molecule has 3 heteroatoms. The summed E-state index contributed by atoms with van der Waals surface area (Å²) in [6.07, 6.45) is 0. The van der Waals surface area contributed by atoms with Crippen LogP contribution in [-0.4, -0.2) is 15.0 Å². The van der Waals surface area contributed by atoms with Crippen molar-refractivity contribution < 1.29 is 0 Å². The van der Waals surface area contributed by atoms with E-state index in [0.29, 0.717) is 17.5 Å². The van der Waals surface area contributed by atoms with Gasteiger partial charge in [-0.1, -0.05) is 204 Å². The van der Waals surface area contributed by atoms with E-state index in [1.807, 2.05) is 114 Å². The molecule has 0 radical (unpaired) electrons. The minimum Gasteiger partial charge on any atom is -0.213 e. The van der Waals surface area contributed by atoms with Gasteiger partial charge < -0.3 is 0 Å². The molecule has 1 heterocycles. The van der Waals surface area contributed by atoms with Crippen molar-refractivity contribution in [3.05, 3.63) is 164 Å². The zero-order valence-corrected chi connectivity index (χ0v) is 35.9. The first-order valence-electron chi connectivity index (χ1n) is 20.4. The molecule has 0 fully saturated rings. The van der Waals surface area contributed by atoms with Crippen molar-refractivity contribution in [1.82, 2.24) is 15.0 Å². The average Bonchev–Trinajstić information content (AvgIpc) is 3.31. The number of hydrogen-bond acceptors (Lipinski definition) is 3.